The number of rotatable bonds is 5. The van der Waals surface area contributed by atoms with Crippen LogP contribution in [0.15, 0.2) is 48.5 Å². The predicted molar refractivity (Wildman–Crippen MR) is 108 cm³/mol. The minimum Gasteiger partial charge on any atom is -0.495 e. The van der Waals surface area contributed by atoms with E-state index in [0.717, 1.165) is 36.7 Å². The first-order valence-corrected chi connectivity index (χ1v) is 9.55. The SMILES string of the molecule is CCOc1cccc(C(=O)N2CCN(c3ccccc3OC)CCC2C)c1. The van der Waals surface area contributed by atoms with Gasteiger partial charge in [0.25, 0.3) is 5.91 Å². The topological polar surface area (TPSA) is 42.0 Å². The van der Waals surface area contributed by atoms with E-state index < -0.39 is 0 Å². The van der Waals surface area contributed by atoms with Crippen LogP contribution in [-0.4, -0.2) is 50.2 Å². The summed E-state index contributed by atoms with van der Waals surface area (Å²) >= 11 is 0. The Bertz CT molecular complexity index is 778. The average molecular weight is 368 g/mol. The van der Waals surface area contributed by atoms with Gasteiger partial charge >= 0.3 is 0 Å². The number of para-hydroxylation sites is 2. The maximum atomic E-state index is 13.1. The quantitative estimate of drug-likeness (QED) is 0.804. The molecule has 0 N–H and O–H groups in total. The van der Waals surface area contributed by atoms with Gasteiger partial charge in [-0.2, -0.15) is 0 Å². The van der Waals surface area contributed by atoms with Gasteiger partial charge in [0.05, 0.1) is 19.4 Å². The lowest BCUT2D eigenvalue weighted by Crippen LogP contribution is -2.39. The standard InChI is InChI=1S/C22H28N2O3/c1-4-27-19-9-7-8-18(16-19)22(25)24-15-14-23(13-12-17(24)2)20-10-5-6-11-21(20)26-3/h5-11,16-17H,4,12-15H2,1-3H3. The maximum Gasteiger partial charge on any atom is 0.254 e. The summed E-state index contributed by atoms with van der Waals surface area (Å²) < 4.78 is 11.1. The van der Waals surface area contributed by atoms with Crippen molar-refractivity contribution in [3.05, 3.63) is 54.1 Å². The van der Waals surface area contributed by atoms with Gasteiger partial charge in [0.2, 0.25) is 0 Å². The molecule has 2 aromatic rings. The van der Waals surface area contributed by atoms with Crippen LogP contribution in [0.3, 0.4) is 0 Å². The summed E-state index contributed by atoms with van der Waals surface area (Å²) in [6.45, 7) is 7.00. The highest BCUT2D eigenvalue weighted by Crippen LogP contribution is 2.29. The number of ether oxygens (including phenoxy) is 2. The molecule has 1 heterocycles. The Labute approximate surface area is 161 Å². The van der Waals surface area contributed by atoms with Crippen LogP contribution < -0.4 is 14.4 Å². The summed E-state index contributed by atoms with van der Waals surface area (Å²) in [5.41, 5.74) is 1.76. The largest absolute Gasteiger partial charge is 0.495 e. The fourth-order valence-electron chi connectivity index (χ4n) is 3.54. The molecule has 1 atom stereocenters. The number of amides is 1. The Hall–Kier alpha value is -2.69. The van der Waals surface area contributed by atoms with Crippen LogP contribution in [0.5, 0.6) is 11.5 Å². The number of hydrogen-bond acceptors (Lipinski definition) is 4. The van der Waals surface area contributed by atoms with Gasteiger partial charge in [-0.05, 0) is 50.6 Å². The lowest BCUT2D eigenvalue weighted by atomic mass is 10.1. The number of methoxy groups -OCH3 is 1. The smallest absolute Gasteiger partial charge is 0.254 e. The average Bonchev–Trinajstić information content (AvgIpc) is 2.89. The van der Waals surface area contributed by atoms with Crippen LogP contribution in [-0.2, 0) is 0 Å². The molecule has 1 aliphatic rings. The first-order chi connectivity index (χ1) is 13.1. The molecule has 27 heavy (non-hydrogen) atoms. The molecule has 1 amide bonds. The number of carbonyl (C=O) groups excluding carboxylic acids is 1. The zero-order valence-corrected chi connectivity index (χ0v) is 16.4. The minimum absolute atomic E-state index is 0.0610. The van der Waals surface area contributed by atoms with Crippen molar-refractivity contribution in [3.8, 4) is 11.5 Å². The number of carbonyl (C=O) groups is 1. The Kier molecular flexibility index (Phi) is 6.22. The fraction of sp³-hybridized carbons (Fsp3) is 0.409. The van der Waals surface area contributed by atoms with Gasteiger partial charge in [-0.15, -0.1) is 0 Å². The van der Waals surface area contributed by atoms with E-state index in [0.29, 0.717) is 18.7 Å². The van der Waals surface area contributed by atoms with Gasteiger partial charge in [0.15, 0.2) is 0 Å². The van der Waals surface area contributed by atoms with E-state index in [1.165, 1.54) is 0 Å². The molecular weight excluding hydrogens is 340 g/mol. The molecule has 5 heteroatoms. The highest BCUT2D eigenvalue weighted by molar-refractivity contribution is 5.95. The Balaban J connectivity index is 1.76. The van der Waals surface area contributed by atoms with Crippen molar-refractivity contribution in [1.29, 1.82) is 0 Å². The number of nitrogens with zero attached hydrogens (tertiary/aromatic N) is 2. The van der Waals surface area contributed by atoms with E-state index in [1.54, 1.807) is 7.11 Å². The summed E-state index contributed by atoms with van der Waals surface area (Å²) in [5, 5.41) is 0. The molecule has 1 unspecified atom stereocenters. The second-order valence-corrected chi connectivity index (χ2v) is 6.76. The molecule has 0 saturated carbocycles. The van der Waals surface area contributed by atoms with Crippen molar-refractivity contribution < 1.29 is 14.3 Å². The zero-order valence-electron chi connectivity index (χ0n) is 16.4. The van der Waals surface area contributed by atoms with Crippen LogP contribution in [0.25, 0.3) is 0 Å². The van der Waals surface area contributed by atoms with Crippen molar-refractivity contribution in [3.63, 3.8) is 0 Å². The molecule has 0 aromatic heterocycles. The molecule has 0 bridgehead atoms. The van der Waals surface area contributed by atoms with Gasteiger partial charge in [-0.25, -0.2) is 0 Å². The minimum atomic E-state index is 0.0610. The molecule has 0 aliphatic carbocycles. The third kappa shape index (κ3) is 4.35. The summed E-state index contributed by atoms with van der Waals surface area (Å²) in [7, 11) is 1.69. The molecule has 144 valence electrons. The molecule has 2 aromatic carbocycles. The summed E-state index contributed by atoms with van der Waals surface area (Å²) in [4.78, 5) is 17.4. The van der Waals surface area contributed by atoms with Crippen LogP contribution in [0.2, 0.25) is 0 Å². The van der Waals surface area contributed by atoms with Gasteiger partial charge in [-0.1, -0.05) is 18.2 Å². The van der Waals surface area contributed by atoms with Crippen LogP contribution in [0.1, 0.15) is 30.6 Å². The van der Waals surface area contributed by atoms with E-state index in [2.05, 4.69) is 17.9 Å². The van der Waals surface area contributed by atoms with Gasteiger partial charge < -0.3 is 19.3 Å². The lowest BCUT2D eigenvalue weighted by molar-refractivity contribution is 0.0704. The Morgan fingerprint density at radius 2 is 1.93 bits per heavy atom. The molecule has 1 fully saturated rings. The van der Waals surface area contributed by atoms with E-state index >= 15 is 0 Å². The van der Waals surface area contributed by atoms with Gasteiger partial charge in [-0.3, -0.25) is 4.79 Å². The second-order valence-electron chi connectivity index (χ2n) is 6.76. The van der Waals surface area contributed by atoms with Crippen molar-refractivity contribution in [2.45, 2.75) is 26.3 Å². The van der Waals surface area contributed by atoms with E-state index in [-0.39, 0.29) is 11.9 Å². The first-order valence-electron chi connectivity index (χ1n) is 9.55. The van der Waals surface area contributed by atoms with Gasteiger partial charge in [0, 0.05) is 31.2 Å². The number of anilines is 1. The molecule has 5 nitrogen and oxygen atoms in total. The van der Waals surface area contributed by atoms with E-state index in [4.69, 9.17) is 9.47 Å². The predicted octanol–water partition coefficient (Wildman–Crippen LogP) is 3.83. The Morgan fingerprint density at radius 3 is 2.70 bits per heavy atom. The lowest BCUT2D eigenvalue weighted by Gasteiger charge is -2.27. The highest BCUT2D eigenvalue weighted by Gasteiger charge is 2.26. The van der Waals surface area contributed by atoms with Crippen LogP contribution in [0.4, 0.5) is 5.69 Å². The van der Waals surface area contributed by atoms with E-state index in [9.17, 15) is 4.79 Å². The molecular formula is C22H28N2O3. The summed E-state index contributed by atoms with van der Waals surface area (Å²) in [6, 6.07) is 15.7. The molecule has 0 radical (unpaired) electrons. The van der Waals surface area contributed by atoms with Gasteiger partial charge in [0.1, 0.15) is 11.5 Å². The molecule has 0 spiro atoms. The van der Waals surface area contributed by atoms with Crippen molar-refractivity contribution >= 4 is 11.6 Å². The van der Waals surface area contributed by atoms with E-state index in [1.807, 2.05) is 54.3 Å². The van der Waals surface area contributed by atoms with Crippen molar-refractivity contribution in [1.82, 2.24) is 4.90 Å². The number of hydrogen-bond donors (Lipinski definition) is 0. The molecule has 1 aliphatic heterocycles. The highest BCUT2D eigenvalue weighted by atomic mass is 16.5. The number of benzene rings is 2. The third-order valence-corrected chi connectivity index (χ3v) is 5.04. The monoisotopic (exact) mass is 368 g/mol. The second kappa shape index (κ2) is 8.80. The molecule has 1 saturated heterocycles. The normalized spacial score (nSPS) is 17.4. The van der Waals surface area contributed by atoms with Crippen LogP contribution in [0, 0.1) is 0 Å². The third-order valence-electron chi connectivity index (χ3n) is 5.04. The first kappa shape index (κ1) is 19.1. The van der Waals surface area contributed by atoms with Crippen molar-refractivity contribution in [2.75, 3.05) is 38.3 Å². The zero-order chi connectivity index (χ0) is 19.2. The summed E-state index contributed by atoms with van der Waals surface area (Å²) in [5.74, 6) is 1.67. The summed E-state index contributed by atoms with van der Waals surface area (Å²) in [6.07, 6.45) is 0.912. The molecule has 3 rings (SSSR count). The van der Waals surface area contributed by atoms with Crippen molar-refractivity contribution in [2.24, 2.45) is 0 Å². The van der Waals surface area contributed by atoms with Crippen LogP contribution >= 0.6 is 0 Å². The fourth-order valence-corrected chi connectivity index (χ4v) is 3.54. The maximum absolute atomic E-state index is 13.1. The Morgan fingerprint density at radius 1 is 1.11 bits per heavy atom.